The molecule has 0 amide bonds. The van der Waals surface area contributed by atoms with Gasteiger partial charge in [-0.2, -0.15) is 0 Å². The molecule has 1 aromatic carbocycles. The lowest BCUT2D eigenvalue weighted by Crippen LogP contribution is -2.47. The van der Waals surface area contributed by atoms with Crippen molar-refractivity contribution in [2.75, 3.05) is 20.2 Å². The van der Waals surface area contributed by atoms with Crippen LogP contribution >= 0.6 is 24.0 Å². The molecule has 1 rings (SSSR count). The Morgan fingerprint density at radius 1 is 1.11 bits per heavy atom. The molecule has 0 aliphatic heterocycles. The van der Waals surface area contributed by atoms with Gasteiger partial charge in [-0.1, -0.05) is 38.8 Å². The summed E-state index contributed by atoms with van der Waals surface area (Å²) in [6.45, 7) is 7.87. The first-order chi connectivity index (χ1) is 12.5. The summed E-state index contributed by atoms with van der Waals surface area (Å²) in [7, 11) is 1.37. The van der Waals surface area contributed by atoms with Crippen molar-refractivity contribution in [3.05, 3.63) is 35.4 Å². The first-order valence-electron chi connectivity index (χ1n) is 9.39. The quantitative estimate of drug-likeness (QED) is 0.202. The number of hydrogen-bond acceptors (Lipinski definition) is 4. The molecule has 7 heteroatoms. The van der Waals surface area contributed by atoms with E-state index in [1.54, 1.807) is 12.1 Å². The smallest absolute Gasteiger partial charge is 0.337 e. The Balaban J connectivity index is 0.00000676. The third-order valence-corrected chi connectivity index (χ3v) is 4.15. The molecule has 0 atom stereocenters. The van der Waals surface area contributed by atoms with Crippen LogP contribution in [0.2, 0.25) is 0 Å². The number of ether oxygens (including phenoxy) is 1. The summed E-state index contributed by atoms with van der Waals surface area (Å²) in [6.07, 6.45) is 3.42. The van der Waals surface area contributed by atoms with Gasteiger partial charge in [-0.05, 0) is 37.5 Å². The van der Waals surface area contributed by atoms with Gasteiger partial charge in [0.25, 0.3) is 0 Å². The standard InChI is InChI=1S/C20H33N3O3.HI/c1-5-12-20(25,13-6-2)15-23-19(21-7-3)22-14-16-8-10-17(11-9-16)18(24)26-4;/h8-11,25H,5-7,12-15H2,1-4H3,(H2,21,22,23);1H. The first-order valence-corrected chi connectivity index (χ1v) is 9.39. The van der Waals surface area contributed by atoms with Crippen LogP contribution in [-0.4, -0.2) is 42.8 Å². The van der Waals surface area contributed by atoms with Gasteiger partial charge in [0, 0.05) is 13.1 Å². The van der Waals surface area contributed by atoms with E-state index in [-0.39, 0.29) is 29.9 Å². The number of halogens is 1. The maximum atomic E-state index is 11.5. The Kier molecular flexibility index (Phi) is 13.1. The number of nitrogens with zero attached hydrogens (tertiary/aromatic N) is 1. The van der Waals surface area contributed by atoms with Gasteiger partial charge in [0.1, 0.15) is 0 Å². The van der Waals surface area contributed by atoms with Gasteiger partial charge in [0.05, 0.1) is 24.8 Å². The van der Waals surface area contributed by atoms with Gasteiger partial charge >= 0.3 is 5.97 Å². The molecule has 1 aromatic rings. The number of aliphatic hydroxyl groups is 1. The second-order valence-electron chi connectivity index (χ2n) is 6.46. The Morgan fingerprint density at radius 3 is 2.19 bits per heavy atom. The molecule has 0 aliphatic carbocycles. The SMILES string of the molecule is CCCC(O)(CCC)CNC(=NCc1ccc(C(=O)OC)cc1)NCC.I. The molecule has 154 valence electrons. The van der Waals surface area contributed by atoms with Crippen molar-refractivity contribution in [3.8, 4) is 0 Å². The van der Waals surface area contributed by atoms with Crippen LogP contribution in [0, 0.1) is 0 Å². The fourth-order valence-electron chi connectivity index (χ4n) is 2.86. The summed E-state index contributed by atoms with van der Waals surface area (Å²) in [5, 5.41) is 17.2. The topological polar surface area (TPSA) is 83.0 Å². The zero-order valence-corrected chi connectivity index (χ0v) is 19.2. The minimum absolute atomic E-state index is 0. The zero-order valence-electron chi connectivity index (χ0n) is 16.9. The van der Waals surface area contributed by atoms with Crippen LogP contribution in [0.3, 0.4) is 0 Å². The maximum absolute atomic E-state index is 11.5. The van der Waals surface area contributed by atoms with E-state index in [4.69, 9.17) is 4.74 Å². The highest BCUT2D eigenvalue weighted by Crippen LogP contribution is 2.18. The minimum atomic E-state index is -0.706. The van der Waals surface area contributed by atoms with Crippen molar-refractivity contribution in [1.29, 1.82) is 0 Å². The highest BCUT2D eigenvalue weighted by molar-refractivity contribution is 14.0. The third kappa shape index (κ3) is 9.41. The van der Waals surface area contributed by atoms with Gasteiger partial charge in [0.15, 0.2) is 5.96 Å². The van der Waals surface area contributed by atoms with E-state index >= 15 is 0 Å². The number of nitrogens with one attached hydrogen (secondary N) is 2. The number of hydrogen-bond donors (Lipinski definition) is 3. The average Bonchev–Trinajstić information content (AvgIpc) is 2.64. The predicted molar refractivity (Wildman–Crippen MR) is 121 cm³/mol. The van der Waals surface area contributed by atoms with E-state index in [0.29, 0.717) is 24.6 Å². The van der Waals surface area contributed by atoms with E-state index in [2.05, 4.69) is 29.5 Å². The number of esters is 1. The summed E-state index contributed by atoms with van der Waals surface area (Å²) >= 11 is 0. The Bertz CT molecular complexity index is 570. The molecule has 3 N–H and O–H groups in total. The molecular weight excluding hydrogens is 457 g/mol. The number of benzene rings is 1. The molecule has 0 bridgehead atoms. The van der Waals surface area contributed by atoms with Gasteiger partial charge < -0.3 is 20.5 Å². The van der Waals surface area contributed by atoms with Gasteiger partial charge in [-0.3, -0.25) is 0 Å². The summed E-state index contributed by atoms with van der Waals surface area (Å²) in [5.41, 5.74) is 0.809. The first kappa shape index (κ1) is 25.6. The molecule has 0 heterocycles. The minimum Gasteiger partial charge on any atom is -0.465 e. The van der Waals surface area contributed by atoms with Crippen molar-refractivity contribution in [2.24, 2.45) is 4.99 Å². The van der Waals surface area contributed by atoms with Crippen molar-refractivity contribution in [3.63, 3.8) is 0 Å². The van der Waals surface area contributed by atoms with Gasteiger partial charge in [-0.25, -0.2) is 9.79 Å². The molecule has 0 fully saturated rings. The molecule has 6 nitrogen and oxygen atoms in total. The zero-order chi connectivity index (χ0) is 19.4. The van der Waals surface area contributed by atoms with Crippen molar-refractivity contribution >= 4 is 35.9 Å². The molecular formula is C20H34IN3O3. The lowest BCUT2D eigenvalue weighted by molar-refractivity contribution is 0.0257. The number of guanidine groups is 1. The van der Waals surface area contributed by atoms with Crippen LogP contribution in [0.5, 0.6) is 0 Å². The number of methoxy groups -OCH3 is 1. The van der Waals surface area contributed by atoms with Crippen molar-refractivity contribution in [2.45, 2.75) is 58.6 Å². The van der Waals surface area contributed by atoms with Crippen LogP contribution in [0.1, 0.15) is 62.4 Å². The number of aliphatic imine (C=N–C) groups is 1. The van der Waals surface area contributed by atoms with E-state index < -0.39 is 5.60 Å². The Hall–Kier alpha value is -1.35. The van der Waals surface area contributed by atoms with E-state index in [9.17, 15) is 9.90 Å². The van der Waals surface area contributed by atoms with Crippen LogP contribution in [-0.2, 0) is 11.3 Å². The summed E-state index contributed by atoms with van der Waals surface area (Å²) in [6, 6.07) is 7.20. The fraction of sp³-hybridized carbons (Fsp3) is 0.600. The normalized spacial score (nSPS) is 11.5. The number of carbonyl (C=O) groups excluding carboxylic acids is 1. The van der Waals surface area contributed by atoms with E-state index in [0.717, 1.165) is 37.8 Å². The average molecular weight is 491 g/mol. The molecule has 0 unspecified atom stereocenters. The lowest BCUT2D eigenvalue weighted by Gasteiger charge is -2.28. The largest absolute Gasteiger partial charge is 0.465 e. The predicted octanol–water partition coefficient (Wildman–Crippen LogP) is 3.48. The molecule has 0 saturated carbocycles. The molecule has 27 heavy (non-hydrogen) atoms. The number of carbonyl (C=O) groups is 1. The molecule has 0 aliphatic rings. The van der Waals surface area contributed by atoms with Gasteiger partial charge in [-0.15, -0.1) is 24.0 Å². The molecule has 0 radical (unpaired) electrons. The van der Waals surface area contributed by atoms with Gasteiger partial charge in [0.2, 0.25) is 0 Å². The van der Waals surface area contributed by atoms with E-state index in [1.807, 2.05) is 19.1 Å². The molecule has 0 aromatic heterocycles. The monoisotopic (exact) mass is 491 g/mol. The highest BCUT2D eigenvalue weighted by atomic mass is 127. The molecule has 0 saturated heterocycles. The second kappa shape index (κ2) is 13.8. The Morgan fingerprint density at radius 2 is 1.70 bits per heavy atom. The van der Waals surface area contributed by atoms with Crippen LogP contribution in [0.4, 0.5) is 0 Å². The summed E-state index contributed by atoms with van der Waals surface area (Å²) < 4.78 is 4.70. The van der Waals surface area contributed by atoms with Crippen molar-refractivity contribution < 1.29 is 14.6 Å². The lowest BCUT2D eigenvalue weighted by atomic mass is 9.93. The number of rotatable bonds is 10. The van der Waals surface area contributed by atoms with E-state index in [1.165, 1.54) is 7.11 Å². The highest BCUT2D eigenvalue weighted by Gasteiger charge is 2.24. The van der Waals surface area contributed by atoms with Crippen LogP contribution in [0.25, 0.3) is 0 Å². The summed E-state index contributed by atoms with van der Waals surface area (Å²) in [5.74, 6) is 0.330. The second-order valence-corrected chi connectivity index (χ2v) is 6.46. The van der Waals surface area contributed by atoms with Crippen LogP contribution in [0.15, 0.2) is 29.3 Å². The Labute approximate surface area is 180 Å². The fourth-order valence-corrected chi connectivity index (χ4v) is 2.86. The maximum Gasteiger partial charge on any atom is 0.337 e. The summed E-state index contributed by atoms with van der Waals surface area (Å²) in [4.78, 5) is 16.0. The van der Waals surface area contributed by atoms with Crippen LogP contribution < -0.4 is 10.6 Å². The van der Waals surface area contributed by atoms with Crippen molar-refractivity contribution in [1.82, 2.24) is 10.6 Å². The third-order valence-electron chi connectivity index (χ3n) is 4.15. The molecule has 0 spiro atoms.